The minimum atomic E-state index is -0.800. The van der Waals surface area contributed by atoms with Crippen LogP contribution in [0.4, 0.5) is 10.5 Å². The zero-order valence-corrected chi connectivity index (χ0v) is 15.7. The minimum absolute atomic E-state index is 0.320. The zero-order chi connectivity index (χ0) is 19.7. The molecule has 2 bridgehead atoms. The average Bonchev–Trinajstić information content (AvgIpc) is 3.12. The monoisotopic (exact) mass is 387 g/mol. The van der Waals surface area contributed by atoms with Gasteiger partial charge in [0.05, 0.1) is 36.4 Å². The molecule has 0 aromatic heterocycles. The molecule has 28 heavy (non-hydrogen) atoms. The van der Waals surface area contributed by atoms with Crippen LogP contribution in [-0.4, -0.2) is 91.4 Å². The minimum Gasteiger partial charge on any atom is -0.389 e. The smallest absolute Gasteiger partial charge is 0.319 e. The van der Waals surface area contributed by atoms with Crippen LogP contribution in [0.25, 0.3) is 0 Å². The third-order valence-electron chi connectivity index (χ3n) is 5.64. The molecule has 150 valence electrons. The number of aliphatic hydroxyl groups is 1. The van der Waals surface area contributed by atoms with Crippen molar-refractivity contribution in [1.82, 2.24) is 15.1 Å². The first-order valence-corrected chi connectivity index (χ1v) is 9.50. The molecular weight excluding hydrogens is 362 g/mol. The molecule has 3 fully saturated rings. The third-order valence-corrected chi connectivity index (χ3v) is 5.64. The van der Waals surface area contributed by atoms with E-state index in [-0.39, 0.29) is 12.1 Å². The van der Waals surface area contributed by atoms with Crippen LogP contribution < -0.4 is 10.6 Å². The van der Waals surface area contributed by atoms with E-state index in [0.29, 0.717) is 17.9 Å². The number of anilines is 1. The van der Waals surface area contributed by atoms with Crippen molar-refractivity contribution < 1.29 is 19.4 Å². The van der Waals surface area contributed by atoms with Crippen molar-refractivity contribution >= 4 is 11.7 Å². The lowest BCUT2D eigenvalue weighted by Gasteiger charge is -2.46. The van der Waals surface area contributed by atoms with Gasteiger partial charge in [0.25, 0.3) is 0 Å². The Bertz CT molecular complexity index is 761. The highest BCUT2D eigenvalue weighted by Crippen LogP contribution is 2.32. The van der Waals surface area contributed by atoms with Gasteiger partial charge in [-0.2, -0.15) is 5.26 Å². The molecule has 0 unspecified atom stereocenters. The van der Waals surface area contributed by atoms with Crippen LogP contribution in [0.15, 0.2) is 24.3 Å². The second-order valence-corrected chi connectivity index (χ2v) is 7.51. The van der Waals surface area contributed by atoms with Gasteiger partial charge in [0.2, 0.25) is 0 Å². The van der Waals surface area contributed by atoms with Crippen molar-refractivity contribution in [1.29, 1.82) is 5.26 Å². The number of amides is 2. The fourth-order valence-electron chi connectivity index (χ4n) is 4.07. The molecule has 3 heterocycles. The van der Waals surface area contributed by atoms with Crippen LogP contribution in [0.1, 0.15) is 5.56 Å². The number of likely N-dealkylation sites (N-methyl/N-ethyl adjacent to an activating group) is 1. The second kappa shape index (κ2) is 8.03. The Morgan fingerprint density at radius 3 is 2.86 bits per heavy atom. The summed E-state index contributed by atoms with van der Waals surface area (Å²) in [7, 11) is 2.07. The number of piperazine rings is 1. The summed E-state index contributed by atoms with van der Waals surface area (Å²) in [6, 6.07) is 7.35. The number of fused-ring (bicyclic) bond motifs is 2. The normalized spacial score (nSPS) is 33.2. The fourth-order valence-corrected chi connectivity index (χ4v) is 4.07. The predicted octanol–water partition coefficient (Wildman–Crippen LogP) is -0.220. The summed E-state index contributed by atoms with van der Waals surface area (Å²) in [6.45, 7) is 3.78. The average molecular weight is 387 g/mol. The largest absolute Gasteiger partial charge is 0.389 e. The van der Waals surface area contributed by atoms with Gasteiger partial charge in [-0.05, 0) is 25.2 Å². The number of urea groups is 1. The van der Waals surface area contributed by atoms with Gasteiger partial charge in [0, 0.05) is 31.9 Å². The van der Waals surface area contributed by atoms with Gasteiger partial charge >= 0.3 is 6.03 Å². The Balaban J connectivity index is 1.43. The Labute approximate surface area is 163 Å². The van der Waals surface area contributed by atoms with Crippen LogP contribution in [0.3, 0.4) is 0 Å². The number of nitrogens with one attached hydrogen (secondary N) is 2. The van der Waals surface area contributed by atoms with Gasteiger partial charge < -0.3 is 30.1 Å². The summed E-state index contributed by atoms with van der Waals surface area (Å²) < 4.78 is 11.7. The lowest BCUT2D eigenvalue weighted by molar-refractivity contribution is -0.184. The topological polar surface area (TPSA) is 110 Å². The van der Waals surface area contributed by atoms with Gasteiger partial charge in [-0.1, -0.05) is 6.07 Å². The lowest BCUT2D eigenvalue weighted by Crippen LogP contribution is -2.67. The second-order valence-electron chi connectivity index (χ2n) is 7.51. The van der Waals surface area contributed by atoms with Crippen molar-refractivity contribution in [2.45, 2.75) is 30.6 Å². The molecule has 1 aromatic rings. The van der Waals surface area contributed by atoms with E-state index in [1.54, 1.807) is 24.3 Å². The highest BCUT2D eigenvalue weighted by Gasteiger charge is 2.52. The Morgan fingerprint density at radius 2 is 2.11 bits per heavy atom. The van der Waals surface area contributed by atoms with Crippen molar-refractivity contribution in [3.63, 3.8) is 0 Å². The van der Waals surface area contributed by atoms with Gasteiger partial charge in [-0.25, -0.2) is 4.79 Å². The molecule has 1 aromatic carbocycles. The number of nitrogens with zero attached hydrogens (tertiary/aromatic N) is 3. The van der Waals surface area contributed by atoms with E-state index in [4.69, 9.17) is 14.7 Å². The SMILES string of the molecule is CN1CCN([C@@H]2[C@@H]3OC[C@H](O3)[C@@H](NC(=O)Nc3cccc(C#N)c3)[C@@H]2O)CC1. The maximum absolute atomic E-state index is 12.5. The zero-order valence-electron chi connectivity index (χ0n) is 15.7. The molecule has 0 saturated carbocycles. The molecule has 0 aliphatic carbocycles. The van der Waals surface area contributed by atoms with Gasteiger partial charge in [-0.15, -0.1) is 0 Å². The molecule has 5 atom stereocenters. The molecule has 3 saturated heterocycles. The van der Waals surface area contributed by atoms with E-state index < -0.39 is 24.5 Å². The first kappa shape index (κ1) is 19.1. The highest BCUT2D eigenvalue weighted by atomic mass is 16.7. The number of carbonyl (C=O) groups is 1. The molecular formula is C19H25N5O4. The van der Waals surface area contributed by atoms with Crippen LogP contribution in [0.5, 0.6) is 0 Å². The van der Waals surface area contributed by atoms with Gasteiger partial charge in [-0.3, -0.25) is 4.90 Å². The standard InChI is InChI=1S/C19H25N5O4/c1-23-5-7-24(8-6-23)16-17(25)15(14-11-27-18(16)28-14)22-19(26)21-13-4-2-3-12(9-13)10-20/h2-4,9,14-18,25H,5-8,11H2,1H3,(H2,21,22,26)/t14-,15+,16-,17-,18+/m0/s1. The number of carbonyl (C=O) groups excluding carboxylic acids is 1. The number of aliphatic hydroxyl groups excluding tert-OH is 1. The Kier molecular flexibility index (Phi) is 5.48. The number of ether oxygens (including phenoxy) is 2. The number of nitriles is 1. The molecule has 0 spiro atoms. The lowest BCUT2D eigenvalue weighted by atomic mass is 9.94. The first-order chi connectivity index (χ1) is 13.5. The summed E-state index contributed by atoms with van der Waals surface area (Å²) in [4.78, 5) is 16.9. The molecule has 3 aliphatic heterocycles. The molecule has 9 nitrogen and oxygen atoms in total. The van der Waals surface area contributed by atoms with E-state index >= 15 is 0 Å². The summed E-state index contributed by atoms with van der Waals surface area (Å²) in [5, 5.41) is 25.6. The first-order valence-electron chi connectivity index (χ1n) is 9.50. The Morgan fingerprint density at radius 1 is 1.32 bits per heavy atom. The molecule has 3 aliphatic rings. The van der Waals surface area contributed by atoms with Crippen molar-refractivity contribution in [2.24, 2.45) is 0 Å². The van der Waals surface area contributed by atoms with Gasteiger partial charge in [0.1, 0.15) is 6.10 Å². The number of rotatable bonds is 3. The number of benzene rings is 1. The maximum Gasteiger partial charge on any atom is 0.319 e. The van der Waals surface area contributed by atoms with Crippen molar-refractivity contribution in [2.75, 3.05) is 45.2 Å². The molecule has 2 amide bonds. The Hall–Kier alpha value is -2.22. The van der Waals surface area contributed by atoms with E-state index in [0.717, 1.165) is 26.2 Å². The number of hydrogen-bond donors (Lipinski definition) is 3. The maximum atomic E-state index is 12.5. The summed E-state index contributed by atoms with van der Waals surface area (Å²) in [6.07, 6.45) is -1.66. The van der Waals surface area contributed by atoms with Crippen LogP contribution in [-0.2, 0) is 9.47 Å². The molecule has 9 heteroatoms. The molecule has 0 radical (unpaired) electrons. The highest BCUT2D eigenvalue weighted by molar-refractivity contribution is 5.89. The van der Waals surface area contributed by atoms with E-state index in [1.807, 2.05) is 6.07 Å². The van der Waals surface area contributed by atoms with Crippen LogP contribution in [0.2, 0.25) is 0 Å². The van der Waals surface area contributed by atoms with E-state index in [1.165, 1.54) is 0 Å². The van der Waals surface area contributed by atoms with Crippen molar-refractivity contribution in [3.8, 4) is 6.07 Å². The summed E-state index contributed by atoms with van der Waals surface area (Å²) in [5.74, 6) is 0. The van der Waals surface area contributed by atoms with Gasteiger partial charge in [0.15, 0.2) is 6.29 Å². The van der Waals surface area contributed by atoms with E-state index in [9.17, 15) is 9.90 Å². The number of hydrogen-bond acceptors (Lipinski definition) is 7. The molecule has 4 rings (SSSR count). The van der Waals surface area contributed by atoms with Crippen molar-refractivity contribution in [3.05, 3.63) is 29.8 Å². The molecule has 3 N–H and O–H groups in total. The summed E-state index contributed by atoms with van der Waals surface area (Å²) in [5.41, 5.74) is 0.972. The summed E-state index contributed by atoms with van der Waals surface area (Å²) >= 11 is 0. The van der Waals surface area contributed by atoms with Crippen LogP contribution in [0, 0.1) is 11.3 Å². The quantitative estimate of drug-likeness (QED) is 0.658. The third kappa shape index (κ3) is 3.83. The van der Waals surface area contributed by atoms with Crippen LogP contribution >= 0.6 is 0 Å². The van der Waals surface area contributed by atoms with E-state index in [2.05, 4.69) is 27.5 Å². The predicted molar refractivity (Wildman–Crippen MR) is 101 cm³/mol. The fraction of sp³-hybridized carbons (Fsp3) is 0.579.